The first-order valence-corrected chi connectivity index (χ1v) is 5.03. The van der Waals surface area contributed by atoms with Crippen LogP contribution in [0.4, 0.5) is 5.88 Å². The summed E-state index contributed by atoms with van der Waals surface area (Å²) in [5.41, 5.74) is 6.64. The van der Waals surface area contributed by atoms with Crippen molar-refractivity contribution >= 4 is 5.88 Å². The van der Waals surface area contributed by atoms with Gasteiger partial charge in [-0.15, -0.1) is 0 Å². The zero-order valence-electron chi connectivity index (χ0n) is 9.47. The highest BCUT2D eigenvalue weighted by molar-refractivity contribution is 5.26. The standard InChI is InChI=1S/C11H14N3O2.ClH/c1-15-10-4-2-9(3-5-10)6-7-14-8-11(12)16-13-14;/h2-5,8H,6-7,12H2,1H3;1H/q+1;/p-1. The molecule has 0 radical (unpaired) electrons. The second kappa shape index (κ2) is 6.10. The van der Waals surface area contributed by atoms with Gasteiger partial charge in [0.1, 0.15) is 5.75 Å². The van der Waals surface area contributed by atoms with Crippen molar-refractivity contribution in [1.82, 2.24) is 5.27 Å². The Labute approximate surface area is 106 Å². The number of anilines is 1. The molecule has 1 aromatic heterocycles. The van der Waals surface area contributed by atoms with Gasteiger partial charge in [-0.2, -0.15) is 0 Å². The molecule has 1 aromatic carbocycles. The van der Waals surface area contributed by atoms with Gasteiger partial charge in [0.05, 0.1) is 7.11 Å². The lowest BCUT2D eigenvalue weighted by Gasteiger charge is -2.00. The average molecular weight is 256 g/mol. The smallest absolute Gasteiger partial charge is 0.293 e. The fraction of sp³-hybridized carbons (Fsp3) is 0.273. The second-order valence-electron chi connectivity index (χ2n) is 3.47. The van der Waals surface area contributed by atoms with Crippen LogP contribution in [0.5, 0.6) is 5.75 Å². The highest BCUT2D eigenvalue weighted by Crippen LogP contribution is 2.11. The first-order valence-electron chi connectivity index (χ1n) is 5.03. The van der Waals surface area contributed by atoms with Gasteiger partial charge in [-0.05, 0) is 17.7 Å². The fourth-order valence-electron chi connectivity index (χ4n) is 1.43. The maximum absolute atomic E-state index is 5.42. The van der Waals surface area contributed by atoms with Gasteiger partial charge < -0.3 is 22.9 Å². The molecule has 92 valence electrons. The fourth-order valence-corrected chi connectivity index (χ4v) is 1.43. The molecule has 0 unspecified atom stereocenters. The van der Waals surface area contributed by atoms with E-state index >= 15 is 0 Å². The minimum Gasteiger partial charge on any atom is -1.00 e. The molecule has 0 fully saturated rings. The van der Waals surface area contributed by atoms with Crippen molar-refractivity contribution < 1.29 is 26.3 Å². The summed E-state index contributed by atoms with van der Waals surface area (Å²) in [5, 5.41) is 3.76. The van der Waals surface area contributed by atoms with Crippen LogP contribution in [-0.2, 0) is 13.0 Å². The zero-order chi connectivity index (χ0) is 11.4. The molecular formula is C11H14ClN3O2. The average Bonchev–Trinajstić information content (AvgIpc) is 2.73. The van der Waals surface area contributed by atoms with Gasteiger partial charge in [-0.25, -0.2) is 0 Å². The molecule has 2 N–H and O–H groups in total. The molecule has 0 atom stereocenters. The highest BCUT2D eigenvalue weighted by atomic mass is 35.5. The number of ether oxygens (including phenoxy) is 1. The molecule has 0 bridgehead atoms. The lowest BCUT2D eigenvalue weighted by Crippen LogP contribution is -3.00. The molecule has 0 aliphatic heterocycles. The Hall–Kier alpha value is -1.75. The van der Waals surface area contributed by atoms with Gasteiger partial charge in [0.2, 0.25) is 5.27 Å². The number of rotatable bonds is 4. The van der Waals surface area contributed by atoms with Crippen molar-refractivity contribution in [2.75, 3.05) is 12.8 Å². The van der Waals surface area contributed by atoms with Gasteiger partial charge in [0, 0.05) is 6.42 Å². The second-order valence-corrected chi connectivity index (χ2v) is 3.47. The summed E-state index contributed by atoms with van der Waals surface area (Å²) in [6.45, 7) is 0.743. The summed E-state index contributed by atoms with van der Waals surface area (Å²) >= 11 is 0. The molecule has 0 amide bonds. The third-order valence-electron chi connectivity index (χ3n) is 2.32. The number of methoxy groups -OCH3 is 1. The molecule has 5 nitrogen and oxygen atoms in total. The summed E-state index contributed by atoms with van der Waals surface area (Å²) < 4.78 is 11.5. The molecule has 0 spiro atoms. The Bertz CT molecular complexity index is 456. The molecular weight excluding hydrogens is 242 g/mol. The van der Waals surface area contributed by atoms with Crippen molar-refractivity contribution in [2.45, 2.75) is 13.0 Å². The van der Waals surface area contributed by atoms with Crippen LogP contribution in [0.3, 0.4) is 0 Å². The van der Waals surface area contributed by atoms with Gasteiger partial charge >= 0.3 is 0 Å². The molecule has 1 heterocycles. The minimum atomic E-state index is 0. The molecule has 6 heteroatoms. The summed E-state index contributed by atoms with van der Waals surface area (Å²) in [5.74, 6) is 1.19. The molecule has 2 rings (SSSR count). The highest BCUT2D eigenvalue weighted by Gasteiger charge is 2.08. The number of nitrogen functional groups attached to an aromatic ring is 1. The van der Waals surface area contributed by atoms with Crippen molar-refractivity contribution in [1.29, 1.82) is 0 Å². The van der Waals surface area contributed by atoms with Crippen molar-refractivity contribution in [3.05, 3.63) is 36.0 Å². The molecule has 0 aliphatic carbocycles. The number of aryl methyl sites for hydroxylation is 2. The third kappa shape index (κ3) is 3.64. The Balaban J connectivity index is 0.00000144. The van der Waals surface area contributed by atoms with Crippen LogP contribution in [0.2, 0.25) is 0 Å². The maximum atomic E-state index is 5.42. The maximum Gasteiger partial charge on any atom is 0.293 e. The Morgan fingerprint density at radius 2 is 2.06 bits per heavy atom. The van der Waals surface area contributed by atoms with Gasteiger partial charge in [0.15, 0.2) is 6.54 Å². The number of hydrogen-bond acceptors (Lipinski definition) is 4. The quantitative estimate of drug-likeness (QED) is 0.630. The lowest BCUT2D eigenvalue weighted by molar-refractivity contribution is -0.761. The van der Waals surface area contributed by atoms with E-state index in [1.54, 1.807) is 18.0 Å². The van der Waals surface area contributed by atoms with Crippen molar-refractivity contribution in [3.63, 3.8) is 0 Å². The summed E-state index contributed by atoms with van der Waals surface area (Å²) in [6.07, 6.45) is 2.55. The first kappa shape index (κ1) is 13.3. The molecule has 2 aromatic rings. The Morgan fingerprint density at radius 1 is 1.35 bits per heavy atom. The van der Waals surface area contributed by atoms with Crippen LogP contribution < -0.4 is 27.6 Å². The minimum absolute atomic E-state index is 0. The summed E-state index contributed by atoms with van der Waals surface area (Å²) in [4.78, 5) is 0. The van der Waals surface area contributed by atoms with Crippen LogP contribution in [-0.4, -0.2) is 12.4 Å². The Morgan fingerprint density at radius 3 is 2.59 bits per heavy atom. The van der Waals surface area contributed by atoms with E-state index < -0.39 is 0 Å². The van der Waals surface area contributed by atoms with Gasteiger partial charge in [-0.1, -0.05) is 16.8 Å². The Kier molecular flexibility index (Phi) is 4.78. The summed E-state index contributed by atoms with van der Waals surface area (Å²) in [6, 6.07) is 7.94. The predicted octanol–water partition coefficient (Wildman–Crippen LogP) is -2.20. The topological polar surface area (TPSA) is 65.2 Å². The number of aromatic nitrogens is 2. The van der Waals surface area contributed by atoms with Crippen LogP contribution in [0.1, 0.15) is 5.56 Å². The number of benzene rings is 1. The third-order valence-corrected chi connectivity index (χ3v) is 2.32. The van der Waals surface area contributed by atoms with Crippen LogP contribution in [0.25, 0.3) is 0 Å². The van der Waals surface area contributed by atoms with E-state index in [0.717, 1.165) is 18.7 Å². The number of hydrogen-bond donors (Lipinski definition) is 1. The predicted molar refractivity (Wildman–Crippen MR) is 57.8 cm³/mol. The molecule has 0 saturated carbocycles. The monoisotopic (exact) mass is 255 g/mol. The van der Waals surface area contributed by atoms with Crippen molar-refractivity contribution in [2.24, 2.45) is 0 Å². The largest absolute Gasteiger partial charge is 1.00 e. The van der Waals surface area contributed by atoms with E-state index in [1.807, 2.05) is 24.3 Å². The lowest BCUT2D eigenvalue weighted by atomic mass is 10.1. The normalized spacial score (nSPS) is 9.71. The van der Waals surface area contributed by atoms with E-state index in [4.69, 9.17) is 15.0 Å². The molecule has 0 aliphatic rings. The van der Waals surface area contributed by atoms with E-state index in [-0.39, 0.29) is 12.4 Å². The van der Waals surface area contributed by atoms with E-state index in [0.29, 0.717) is 5.88 Å². The van der Waals surface area contributed by atoms with E-state index in [1.165, 1.54) is 5.56 Å². The summed E-state index contributed by atoms with van der Waals surface area (Å²) in [7, 11) is 1.66. The van der Waals surface area contributed by atoms with Crippen LogP contribution in [0, 0.1) is 0 Å². The zero-order valence-corrected chi connectivity index (χ0v) is 10.2. The van der Waals surface area contributed by atoms with E-state index in [2.05, 4.69) is 5.27 Å². The van der Waals surface area contributed by atoms with E-state index in [9.17, 15) is 0 Å². The van der Waals surface area contributed by atoms with Gasteiger partial charge in [-0.3, -0.25) is 4.52 Å². The number of nitrogens with two attached hydrogens (primary N) is 1. The molecule has 0 saturated heterocycles. The molecule has 17 heavy (non-hydrogen) atoms. The SMILES string of the molecule is COc1ccc(CC[n+]2cc(N)on2)cc1.[Cl-]. The van der Waals surface area contributed by atoms with Crippen molar-refractivity contribution in [3.8, 4) is 5.75 Å². The number of nitrogens with zero attached hydrogens (tertiary/aromatic N) is 2. The van der Waals surface area contributed by atoms with Crippen LogP contribution >= 0.6 is 0 Å². The number of halogens is 1. The first-order chi connectivity index (χ1) is 7.78. The van der Waals surface area contributed by atoms with Crippen LogP contribution in [0.15, 0.2) is 35.0 Å². The van der Waals surface area contributed by atoms with Gasteiger partial charge in [0.25, 0.3) is 12.1 Å².